The third-order valence-electron chi connectivity index (χ3n) is 1.42. The molecule has 0 aliphatic carbocycles. The molecule has 0 bridgehead atoms. The fourth-order valence-corrected chi connectivity index (χ4v) is 0.942. The molecule has 4 heteroatoms. The minimum absolute atomic E-state index is 0.0849. The molecule has 1 aromatic rings. The zero-order chi connectivity index (χ0) is 10.8. The molecular weight excluding hydrogens is 223 g/mol. The van der Waals surface area contributed by atoms with Crippen LogP contribution in [0.5, 0.6) is 0 Å². The molecule has 1 atom stereocenters. The predicted octanol–water partition coefficient (Wildman–Crippen LogP) is 2.18. The zero-order valence-electron chi connectivity index (χ0n) is 7.74. The van der Waals surface area contributed by atoms with E-state index in [1.54, 1.807) is 0 Å². The van der Waals surface area contributed by atoms with Crippen LogP contribution >= 0.6 is 23.2 Å². The summed E-state index contributed by atoms with van der Waals surface area (Å²) in [7, 11) is 0. The van der Waals surface area contributed by atoms with Crippen molar-refractivity contribution in [2.45, 2.75) is 6.10 Å². The molecule has 0 radical (unpaired) electrons. The average Bonchev–Trinajstić information content (AvgIpc) is 2.29. The Bertz CT molecular complexity index is 215. The maximum Gasteiger partial charge on any atom is 0.0925 e. The van der Waals surface area contributed by atoms with Crippen molar-refractivity contribution in [1.29, 1.82) is 0 Å². The monoisotopic (exact) mass is 236 g/mol. The van der Waals surface area contributed by atoms with Crippen LogP contribution in [0.2, 0.25) is 0 Å². The second kappa shape index (κ2) is 9.28. The van der Waals surface area contributed by atoms with Gasteiger partial charge in [0.05, 0.1) is 18.6 Å². The minimum Gasteiger partial charge on any atom is -0.395 e. The minimum atomic E-state index is -0.525. The molecule has 1 rings (SSSR count). The molecule has 1 aromatic carbocycles. The number of hydrogen-bond donors (Lipinski definition) is 2. The summed E-state index contributed by atoms with van der Waals surface area (Å²) in [5.41, 5.74) is 0.873. The number of halogens is 2. The van der Waals surface area contributed by atoms with E-state index in [1.807, 2.05) is 30.3 Å². The Morgan fingerprint density at radius 2 is 1.64 bits per heavy atom. The Labute approximate surface area is 94.1 Å². The van der Waals surface area contributed by atoms with Gasteiger partial charge in [0.25, 0.3) is 0 Å². The van der Waals surface area contributed by atoms with Gasteiger partial charge >= 0.3 is 0 Å². The van der Waals surface area contributed by atoms with Gasteiger partial charge in [0.1, 0.15) is 0 Å². The smallest absolute Gasteiger partial charge is 0.0925 e. The third kappa shape index (κ3) is 6.22. The van der Waals surface area contributed by atoms with Crippen molar-refractivity contribution in [3.8, 4) is 0 Å². The van der Waals surface area contributed by atoms with Gasteiger partial charge in [0.2, 0.25) is 0 Å². The lowest BCUT2D eigenvalue weighted by Crippen LogP contribution is -1.96. The third-order valence-corrected chi connectivity index (χ3v) is 1.88. The lowest BCUT2D eigenvalue weighted by Gasteiger charge is -2.04. The topological polar surface area (TPSA) is 40.5 Å². The summed E-state index contributed by atoms with van der Waals surface area (Å²) >= 11 is 10.4. The molecule has 0 fully saturated rings. The Kier molecular flexibility index (Phi) is 9.10. The van der Waals surface area contributed by atoms with Gasteiger partial charge in [-0.25, -0.2) is 0 Å². The van der Waals surface area contributed by atoms with Gasteiger partial charge in [0.15, 0.2) is 0 Å². The highest BCUT2D eigenvalue weighted by Crippen LogP contribution is 2.12. The Morgan fingerprint density at radius 3 is 2.00 bits per heavy atom. The Hall–Kier alpha value is -0.280. The molecule has 0 saturated heterocycles. The van der Waals surface area contributed by atoms with Crippen molar-refractivity contribution >= 4 is 23.2 Å². The van der Waals surface area contributed by atoms with E-state index in [1.165, 1.54) is 0 Å². The highest BCUT2D eigenvalue weighted by molar-refractivity contribution is 6.18. The van der Waals surface area contributed by atoms with Crippen molar-refractivity contribution in [2.24, 2.45) is 0 Å². The van der Waals surface area contributed by atoms with E-state index in [2.05, 4.69) is 0 Å². The maximum atomic E-state index is 9.20. The summed E-state index contributed by atoms with van der Waals surface area (Å²) in [6, 6.07) is 9.38. The lowest BCUT2D eigenvalue weighted by molar-refractivity contribution is 0.202. The molecular formula is C10H14Cl2O2. The summed E-state index contributed by atoms with van der Waals surface area (Å²) in [4.78, 5) is 0. The molecule has 2 N–H and O–H groups in total. The van der Waals surface area contributed by atoms with Crippen LogP contribution in [0.3, 0.4) is 0 Å². The molecule has 80 valence electrons. The Balaban J connectivity index is 0.000000364. The summed E-state index contributed by atoms with van der Waals surface area (Å²) in [6.45, 7) is 0.0849. The Morgan fingerprint density at radius 1 is 1.14 bits per heavy atom. The summed E-state index contributed by atoms with van der Waals surface area (Å²) < 4.78 is 0. The number of aliphatic hydroxyl groups is 2. The van der Waals surface area contributed by atoms with Crippen LogP contribution < -0.4 is 0 Å². The number of rotatable bonds is 3. The number of hydrogen-bond acceptors (Lipinski definition) is 2. The first-order valence-corrected chi connectivity index (χ1v) is 5.29. The summed E-state index contributed by atoms with van der Waals surface area (Å²) in [6.07, 6.45) is -0.525. The average molecular weight is 237 g/mol. The largest absolute Gasteiger partial charge is 0.395 e. The first-order chi connectivity index (χ1) is 6.76. The first kappa shape index (κ1) is 13.7. The quantitative estimate of drug-likeness (QED) is 0.791. The fraction of sp³-hybridized carbons (Fsp3) is 0.400. The van der Waals surface area contributed by atoms with Gasteiger partial charge in [-0.3, -0.25) is 0 Å². The van der Waals surface area contributed by atoms with Crippen molar-refractivity contribution in [3.05, 3.63) is 35.9 Å². The number of alkyl halides is 2. The van der Waals surface area contributed by atoms with Gasteiger partial charge in [-0.2, -0.15) is 0 Å². The van der Waals surface area contributed by atoms with E-state index in [9.17, 15) is 5.11 Å². The van der Waals surface area contributed by atoms with Crippen molar-refractivity contribution in [3.63, 3.8) is 0 Å². The van der Waals surface area contributed by atoms with E-state index in [4.69, 9.17) is 28.3 Å². The van der Waals surface area contributed by atoms with E-state index in [-0.39, 0.29) is 12.5 Å². The maximum absolute atomic E-state index is 9.20. The van der Waals surface area contributed by atoms with Crippen LogP contribution in [0.15, 0.2) is 30.3 Å². The van der Waals surface area contributed by atoms with Crippen molar-refractivity contribution < 1.29 is 10.2 Å². The van der Waals surface area contributed by atoms with Gasteiger partial charge < -0.3 is 10.2 Å². The summed E-state index contributed by atoms with van der Waals surface area (Å²) in [5, 5.41) is 16.9. The van der Waals surface area contributed by atoms with Crippen LogP contribution in [0, 0.1) is 0 Å². The number of aliphatic hydroxyl groups excluding tert-OH is 2. The SMILES string of the molecule is OC(CCl)c1ccccc1.OCCCl. The molecule has 2 nitrogen and oxygen atoms in total. The predicted molar refractivity (Wildman–Crippen MR) is 59.9 cm³/mol. The van der Waals surface area contributed by atoms with Crippen LogP contribution in [0.1, 0.15) is 11.7 Å². The molecule has 1 unspecified atom stereocenters. The van der Waals surface area contributed by atoms with E-state index in [0.717, 1.165) is 5.56 Å². The number of benzene rings is 1. The van der Waals surface area contributed by atoms with E-state index in [0.29, 0.717) is 5.88 Å². The molecule has 0 aliphatic heterocycles. The van der Waals surface area contributed by atoms with Gasteiger partial charge in [-0.1, -0.05) is 30.3 Å². The van der Waals surface area contributed by atoms with E-state index >= 15 is 0 Å². The molecule has 0 aliphatic rings. The van der Waals surface area contributed by atoms with E-state index < -0.39 is 6.10 Å². The summed E-state index contributed by atoms with van der Waals surface area (Å²) in [5.74, 6) is 0.601. The lowest BCUT2D eigenvalue weighted by atomic mass is 10.1. The fourth-order valence-electron chi connectivity index (χ4n) is 0.764. The van der Waals surface area contributed by atoms with Crippen molar-refractivity contribution in [1.82, 2.24) is 0 Å². The standard InChI is InChI=1S/C8H9ClO.C2H5ClO/c9-6-8(10)7-4-2-1-3-5-7;3-1-2-4/h1-5,8,10H,6H2;4H,1-2H2. The molecule has 0 saturated carbocycles. The molecule has 0 spiro atoms. The highest BCUT2D eigenvalue weighted by atomic mass is 35.5. The highest BCUT2D eigenvalue weighted by Gasteiger charge is 2.02. The van der Waals surface area contributed by atoms with Crippen LogP contribution in [-0.2, 0) is 0 Å². The van der Waals surface area contributed by atoms with Crippen LogP contribution in [0.25, 0.3) is 0 Å². The zero-order valence-corrected chi connectivity index (χ0v) is 9.25. The normalized spacial score (nSPS) is 11.4. The first-order valence-electron chi connectivity index (χ1n) is 4.22. The van der Waals surface area contributed by atoms with Crippen LogP contribution in [0.4, 0.5) is 0 Å². The molecule has 14 heavy (non-hydrogen) atoms. The second-order valence-electron chi connectivity index (χ2n) is 2.49. The second-order valence-corrected chi connectivity index (χ2v) is 3.18. The van der Waals surface area contributed by atoms with Gasteiger partial charge in [-0.05, 0) is 5.56 Å². The molecule has 0 aromatic heterocycles. The molecule has 0 heterocycles. The molecule has 0 amide bonds. The van der Waals surface area contributed by atoms with Crippen LogP contribution in [-0.4, -0.2) is 28.6 Å². The van der Waals surface area contributed by atoms with Gasteiger partial charge in [0, 0.05) is 5.88 Å². The van der Waals surface area contributed by atoms with Gasteiger partial charge in [-0.15, -0.1) is 23.2 Å². The van der Waals surface area contributed by atoms with Crippen molar-refractivity contribution in [2.75, 3.05) is 18.4 Å².